The Morgan fingerprint density at radius 2 is 1.95 bits per heavy atom. The average Bonchev–Trinajstić information content (AvgIpc) is 2.45. The van der Waals surface area contributed by atoms with Crippen molar-refractivity contribution in [3.8, 4) is 11.5 Å². The third kappa shape index (κ3) is 3.30. The predicted octanol–water partition coefficient (Wildman–Crippen LogP) is 3.32. The zero-order chi connectivity index (χ0) is 14.5. The Kier molecular flexibility index (Phi) is 4.63. The molecule has 0 amide bonds. The van der Waals surface area contributed by atoms with E-state index in [1.54, 1.807) is 19.2 Å². The summed E-state index contributed by atoms with van der Waals surface area (Å²) in [4.78, 5) is 0. The van der Waals surface area contributed by atoms with E-state index in [0.29, 0.717) is 17.9 Å². The quantitative estimate of drug-likeness (QED) is 0.651. The maximum atomic E-state index is 7.52. The van der Waals surface area contributed by atoms with Crippen molar-refractivity contribution >= 4 is 21.8 Å². The zero-order valence-corrected chi connectivity index (χ0v) is 12.6. The van der Waals surface area contributed by atoms with E-state index in [1.807, 2.05) is 30.3 Å². The fourth-order valence-corrected chi connectivity index (χ4v) is 2.36. The number of rotatable bonds is 5. The van der Waals surface area contributed by atoms with Gasteiger partial charge in [0.15, 0.2) is 0 Å². The minimum absolute atomic E-state index is 0.00323. The largest absolute Gasteiger partial charge is 0.496 e. The van der Waals surface area contributed by atoms with E-state index >= 15 is 0 Å². The molecule has 0 atom stereocenters. The molecule has 0 unspecified atom stereocenters. The fraction of sp³-hybridized carbons (Fsp3) is 0.133. The van der Waals surface area contributed by atoms with Gasteiger partial charge in [-0.25, -0.2) is 0 Å². The molecule has 0 aliphatic carbocycles. The van der Waals surface area contributed by atoms with Gasteiger partial charge >= 0.3 is 0 Å². The Balaban J connectivity index is 2.13. The molecule has 5 heteroatoms. The molecule has 2 rings (SSSR count). The van der Waals surface area contributed by atoms with Crippen LogP contribution >= 0.6 is 15.9 Å². The maximum Gasteiger partial charge on any atom is 0.133 e. The van der Waals surface area contributed by atoms with Gasteiger partial charge in [0.25, 0.3) is 0 Å². The van der Waals surface area contributed by atoms with Crippen LogP contribution in [0.2, 0.25) is 0 Å². The van der Waals surface area contributed by atoms with Gasteiger partial charge in [-0.1, -0.05) is 18.2 Å². The van der Waals surface area contributed by atoms with E-state index in [1.165, 1.54) is 0 Å². The molecular formula is C15H15BrN2O2. The van der Waals surface area contributed by atoms with E-state index in [4.69, 9.17) is 20.6 Å². The number of nitrogens with two attached hydrogens (primary N) is 1. The van der Waals surface area contributed by atoms with E-state index in [-0.39, 0.29) is 5.84 Å². The highest BCUT2D eigenvalue weighted by atomic mass is 79.9. The maximum absolute atomic E-state index is 7.52. The minimum Gasteiger partial charge on any atom is -0.496 e. The first-order valence-corrected chi connectivity index (χ1v) is 6.79. The lowest BCUT2D eigenvalue weighted by Crippen LogP contribution is -2.13. The molecule has 104 valence electrons. The summed E-state index contributed by atoms with van der Waals surface area (Å²) in [5, 5.41) is 7.52. The fourth-order valence-electron chi connectivity index (χ4n) is 1.78. The van der Waals surface area contributed by atoms with Crippen LogP contribution in [0.25, 0.3) is 0 Å². The zero-order valence-electron chi connectivity index (χ0n) is 11.0. The molecule has 0 radical (unpaired) electrons. The highest BCUT2D eigenvalue weighted by Gasteiger charge is 2.07. The van der Waals surface area contributed by atoms with E-state index in [2.05, 4.69) is 15.9 Å². The summed E-state index contributed by atoms with van der Waals surface area (Å²) in [6.45, 7) is 0.396. The average molecular weight is 335 g/mol. The Bertz CT molecular complexity index is 629. The van der Waals surface area contributed by atoms with Crippen LogP contribution in [0.5, 0.6) is 11.5 Å². The third-order valence-electron chi connectivity index (χ3n) is 2.79. The second-order valence-corrected chi connectivity index (χ2v) is 5.02. The molecule has 2 aromatic carbocycles. The van der Waals surface area contributed by atoms with Gasteiger partial charge < -0.3 is 15.2 Å². The first-order valence-electron chi connectivity index (χ1n) is 6.00. The Morgan fingerprint density at radius 3 is 2.60 bits per heavy atom. The molecule has 3 N–H and O–H groups in total. The van der Waals surface area contributed by atoms with Crippen LogP contribution in [-0.2, 0) is 6.61 Å². The van der Waals surface area contributed by atoms with Crippen molar-refractivity contribution in [2.75, 3.05) is 7.11 Å². The van der Waals surface area contributed by atoms with Gasteiger partial charge in [-0.3, -0.25) is 5.41 Å². The lowest BCUT2D eigenvalue weighted by atomic mass is 10.2. The summed E-state index contributed by atoms with van der Waals surface area (Å²) < 4.78 is 11.8. The van der Waals surface area contributed by atoms with Crippen molar-refractivity contribution in [1.82, 2.24) is 0 Å². The number of halogens is 1. The molecule has 20 heavy (non-hydrogen) atoms. The number of ether oxygens (including phenoxy) is 2. The Hall–Kier alpha value is -2.01. The van der Waals surface area contributed by atoms with E-state index < -0.39 is 0 Å². The summed E-state index contributed by atoms with van der Waals surface area (Å²) >= 11 is 3.44. The van der Waals surface area contributed by atoms with Gasteiger partial charge in [-0.15, -0.1) is 0 Å². The van der Waals surface area contributed by atoms with Crippen LogP contribution in [0.3, 0.4) is 0 Å². The third-order valence-corrected chi connectivity index (χ3v) is 3.41. The predicted molar refractivity (Wildman–Crippen MR) is 82.5 cm³/mol. The summed E-state index contributed by atoms with van der Waals surface area (Å²) in [5.74, 6) is 1.38. The molecule has 0 saturated carbocycles. The van der Waals surface area contributed by atoms with Crippen molar-refractivity contribution in [3.05, 3.63) is 58.1 Å². The van der Waals surface area contributed by atoms with Crippen molar-refractivity contribution in [2.24, 2.45) is 5.73 Å². The van der Waals surface area contributed by atoms with Crippen molar-refractivity contribution < 1.29 is 9.47 Å². The molecule has 0 heterocycles. The number of amidine groups is 1. The number of benzene rings is 2. The molecule has 0 aliphatic heterocycles. The molecule has 2 aromatic rings. The monoisotopic (exact) mass is 334 g/mol. The number of methoxy groups -OCH3 is 1. The molecular weight excluding hydrogens is 320 g/mol. The van der Waals surface area contributed by atoms with Gasteiger partial charge in [0, 0.05) is 0 Å². The minimum atomic E-state index is -0.00323. The van der Waals surface area contributed by atoms with E-state index in [9.17, 15) is 0 Å². The second kappa shape index (κ2) is 6.43. The van der Waals surface area contributed by atoms with Crippen LogP contribution in [0.1, 0.15) is 11.1 Å². The Morgan fingerprint density at radius 1 is 1.20 bits per heavy atom. The summed E-state index contributed by atoms with van der Waals surface area (Å²) in [6, 6.07) is 13.0. The smallest absolute Gasteiger partial charge is 0.133 e. The first kappa shape index (κ1) is 14.4. The molecule has 0 fully saturated rings. The summed E-state index contributed by atoms with van der Waals surface area (Å²) in [6.07, 6.45) is 0. The van der Waals surface area contributed by atoms with E-state index in [0.717, 1.165) is 15.8 Å². The lowest BCUT2D eigenvalue weighted by molar-refractivity contribution is 0.305. The summed E-state index contributed by atoms with van der Waals surface area (Å²) in [5.41, 5.74) is 7.12. The Labute approximate surface area is 126 Å². The summed E-state index contributed by atoms with van der Waals surface area (Å²) in [7, 11) is 1.62. The van der Waals surface area contributed by atoms with Crippen molar-refractivity contribution in [2.45, 2.75) is 6.61 Å². The molecule has 0 aliphatic rings. The van der Waals surface area contributed by atoms with Gasteiger partial charge in [0.2, 0.25) is 0 Å². The highest BCUT2D eigenvalue weighted by molar-refractivity contribution is 9.10. The van der Waals surface area contributed by atoms with Crippen LogP contribution in [0.15, 0.2) is 46.9 Å². The number of hydrogen-bond donors (Lipinski definition) is 2. The molecule has 4 nitrogen and oxygen atoms in total. The van der Waals surface area contributed by atoms with Gasteiger partial charge in [-0.05, 0) is 45.8 Å². The molecule has 0 aromatic heterocycles. The lowest BCUT2D eigenvalue weighted by Gasteiger charge is -2.11. The number of para-hydroxylation sites is 1. The molecule has 0 saturated heterocycles. The topological polar surface area (TPSA) is 68.3 Å². The first-order chi connectivity index (χ1) is 9.61. The van der Waals surface area contributed by atoms with Crippen molar-refractivity contribution in [3.63, 3.8) is 0 Å². The van der Waals surface area contributed by atoms with Crippen LogP contribution < -0.4 is 15.2 Å². The number of nitrogens with one attached hydrogen (secondary N) is 1. The SMILES string of the molecule is COc1ccc(COc2ccccc2C(=N)N)cc1Br. The molecule has 0 bridgehead atoms. The highest BCUT2D eigenvalue weighted by Crippen LogP contribution is 2.26. The standard InChI is InChI=1S/C15H15BrN2O2/c1-19-14-7-6-10(8-12(14)16)9-20-13-5-3-2-4-11(13)15(17)18/h2-8H,9H2,1H3,(H3,17,18). The van der Waals surface area contributed by atoms with Crippen molar-refractivity contribution in [1.29, 1.82) is 5.41 Å². The molecule has 0 spiro atoms. The number of nitrogen functional groups attached to an aromatic ring is 1. The van der Waals surface area contributed by atoms with Crippen LogP contribution in [0, 0.1) is 5.41 Å². The van der Waals surface area contributed by atoms with Crippen LogP contribution in [-0.4, -0.2) is 12.9 Å². The van der Waals surface area contributed by atoms with Crippen LogP contribution in [0.4, 0.5) is 0 Å². The number of hydrogen-bond acceptors (Lipinski definition) is 3. The second-order valence-electron chi connectivity index (χ2n) is 4.17. The van der Waals surface area contributed by atoms with Gasteiger partial charge in [0.05, 0.1) is 17.1 Å². The normalized spacial score (nSPS) is 10.1. The van der Waals surface area contributed by atoms with Gasteiger partial charge in [-0.2, -0.15) is 0 Å². The van der Waals surface area contributed by atoms with Gasteiger partial charge in [0.1, 0.15) is 23.9 Å².